The number of nitriles is 1. The van der Waals surface area contributed by atoms with E-state index in [9.17, 15) is 10.4 Å². The van der Waals surface area contributed by atoms with Crippen LogP contribution in [0.5, 0.6) is 17.2 Å². The molecule has 3 aromatic rings. The van der Waals surface area contributed by atoms with Crippen molar-refractivity contribution >= 4 is 10.8 Å². The average molecular weight is 276 g/mol. The van der Waals surface area contributed by atoms with Gasteiger partial charge >= 0.3 is 0 Å². The van der Waals surface area contributed by atoms with E-state index < -0.39 is 0 Å². The molecule has 2 aromatic carbocycles. The molecule has 0 aliphatic rings. The predicted octanol–water partition coefficient (Wildman–Crippen LogP) is 3.91. The number of rotatable bonds is 2. The van der Waals surface area contributed by atoms with Crippen molar-refractivity contribution in [1.29, 1.82) is 5.26 Å². The fraction of sp³-hybridized carbons (Fsp3) is 0.0588. The van der Waals surface area contributed by atoms with Gasteiger partial charge in [0.15, 0.2) is 0 Å². The number of pyridine rings is 1. The predicted molar refractivity (Wildman–Crippen MR) is 79.4 cm³/mol. The summed E-state index contributed by atoms with van der Waals surface area (Å²) >= 11 is 0. The first-order valence-electron chi connectivity index (χ1n) is 6.46. The lowest BCUT2D eigenvalue weighted by atomic mass is 10.1. The van der Waals surface area contributed by atoms with Crippen LogP contribution in [0.25, 0.3) is 10.8 Å². The number of aromatic hydroxyl groups is 1. The number of fused-ring (bicyclic) bond motifs is 1. The Labute approximate surface area is 121 Å². The summed E-state index contributed by atoms with van der Waals surface area (Å²) in [4.78, 5) is 4.10. The second-order valence-corrected chi connectivity index (χ2v) is 4.60. The van der Waals surface area contributed by atoms with Crippen molar-refractivity contribution in [2.24, 2.45) is 0 Å². The van der Waals surface area contributed by atoms with Crippen LogP contribution in [-0.2, 0) is 0 Å². The van der Waals surface area contributed by atoms with Gasteiger partial charge in [-0.1, -0.05) is 30.3 Å². The summed E-state index contributed by atoms with van der Waals surface area (Å²) in [7, 11) is 0. The van der Waals surface area contributed by atoms with Gasteiger partial charge in [0, 0.05) is 5.39 Å². The van der Waals surface area contributed by atoms with Crippen molar-refractivity contribution in [3.63, 3.8) is 0 Å². The minimum absolute atomic E-state index is 0.0375. The number of nitrogens with zero attached hydrogens (tertiary/aromatic N) is 2. The van der Waals surface area contributed by atoms with Gasteiger partial charge in [-0.05, 0) is 25.1 Å². The summed E-state index contributed by atoms with van der Waals surface area (Å²) < 4.78 is 5.83. The molecule has 1 heterocycles. The van der Waals surface area contributed by atoms with Gasteiger partial charge in [0.1, 0.15) is 29.0 Å². The molecule has 0 saturated heterocycles. The molecule has 21 heavy (non-hydrogen) atoms. The molecule has 0 unspecified atom stereocenters. The summed E-state index contributed by atoms with van der Waals surface area (Å²) in [5, 5.41) is 20.6. The van der Waals surface area contributed by atoms with Crippen molar-refractivity contribution in [1.82, 2.24) is 4.98 Å². The Bertz CT molecular complexity index is 852. The van der Waals surface area contributed by atoms with Crippen molar-refractivity contribution < 1.29 is 9.84 Å². The Morgan fingerprint density at radius 2 is 1.86 bits per heavy atom. The third-order valence-electron chi connectivity index (χ3n) is 3.22. The van der Waals surface area contributed by atoms with Crippen molar-refractivity contribution in [3.05, 3.63) is 59.9 Å². The number of benzene rings is 2. The lowest BCUT2D eigenvalue weighted by Crippen LogP contribution is -1.93. The number of ether oxygens (including phenoxy) is 1. The Kier molecular flexibility index (Phi) is 3.17. The maximum Gasteiger partial charge on any atom is 0.149 e. The average Bonchev–Trinajstić information content (AvgIpc) is 2.52. The SMILES string of the molecule is Cc1nc(C#N)c2cccc(Oc3ccccc3)c2c1O. The molecule has 0 aliphatic carbocycles. The van der Waals surface area contributed by atoms with Crippen LogP contribution in [0, 0.1) is 18.3 Å². The Morgan fingerprint density at radius 1 is 1.10 bits per heavy atom. The zero-order valence-corrected chi connectivity index (χ0v) is 11.4. The zero-order valence-electron chi connectivity index (χ0n) is 11.4. The van der Waals surface area contributed by atoms with Gasteiger partial charge < -0.3 is 9.84 Å². The maximum absolute atomic E-state index is 10.3. The van der Waals surface area contributed by atoms with Crippen molar-refractivity contribution in [2.75, 3.05) is 0 Å². The van der Waals surface area contributed by atoms with E-state index in [-0.39, 0.29) is 11.4 Å². The second-order valence-electron chi connectivity index (χ2n) is 4.60. The van der Waals surface area contributed by atoms with Crippen LogP contribution < -0.4 is 4.74 Å². The summed E-state index contributed by atoms with van der Waals surface area (Å²) in [6.45, 7) is 1.66. The van der Waals surface area contributed by atoms with E-state index in [0.717, 1.165) is 0 Å². The molecule has 0 aliphatic heterocycles. The van der Waals surface area contributed by atoms with Crippen molar-refractivity contribution in [2.45, 2.75) is 6.92 Å². The van der Waals surface area contributed by atoms with E-state index in [2.05, 4.69) is 11.1 Å². The molecule has 0 radical (unpaired) electrons. The smallest absolute Gasteiger partial charge is 0.149 e. The normalized spacial score (nSPS) is 10.3. The van der Waals surface area contributed by atoms with Gasteiger partial charge in [-0.2, -0.15) is 5.26 Å². The number of aryl methyl sites for hydroxylation is 1. The molecule has 0 saturated carbocycles. The van der Waals surface area contributed by atoms with Crippen LogP contribution in [0.4, 0.5) is 0 Å². The van der Waals surface area contributed by atoms with Gasteiger partial charge in [-0.15, -0.1) is 0 Å². The standard InChI is InChI=1S/C17H12N2O2/c1-11-17(20)16-13(14(10-18)19-11)8-5-9-15(16)21-12-6-3-2-4-7-12/h2-9,20H,1H3. The third kappa shape index (κ3) is 2.26. The first-order valence-corrected chi connectivity index (χ1v) is 6.46. The molecule has 4 heteroatoms. The molecule has 0 atom stereocenters. The Morgan fingerprint density at radius 3 is 2.57 bits per heavy atom. The van der Waals surface area contributed by atoms with Crippen LogP contribution in [0.1, 0.15) is 11.4 Å². The zero-order chi connectivity index (χ0) is 14.8. The fourth-order valence-corrected chi connectivity index (χ4v) is 2.22. The van der Waals surface area contributed by atoms with E-state index in [0.29, 0.717) is 28.0 Å². The third-order valence-corrected chi connectivity index (χ3v) is 3.22. The van der Waals surface area contributed by atoms with Gasteiger partial charge in [0.05, 0.1) is 11.1 Å². The highest BCUT2D eigenvalue weighted by molar-refractivity contribution is 5.96. The molecule has 1 N–H and O–H groups in total. The largest absolute Gasteiger partial charge is 0.505 e. The fourth-order valence-electron chi connectivity index (χ4n) is 2.22. The molecule has 1 aromatic heterocycles. The highest BCUT2D eigenvalue weighted by atomic mass is 16.5. The number of hydrogen-bond donors (Lipinski definition) is 1. The number of hydrogen-bond acceptors (Lipinski definition) is 4. The number of aromatic nitrogens is 1. The molecule has 0 bridgehead atoms. The molecular formula is C17H12N2O2. The summed E-state index contributed by atoms with van der Waals surface area (Å²) in [6, 6.07) is 16.6. The highest BCUT2D eigenvalue weighted by Crippen LogP contribution is 2.38. The lowest BCUT2D eigenvalue weighted by Gasteiger charge is -2.12. The molecule has 3 rings (SSSR count). The number of para-hydroxylation sites is 1. The van der Waals surface area contributed by atoms with Crippen LogP contribution in [0.2, 0.25) is 0 Å². The maximum atomic E-state index is 10.3. The van der Waals surface area contributed by atoms with E-state index in [1.807, 2.05) is 30.3 Å². The molecule has 0 fully saturated rings. The topological polar surface area (TPSA) is 66.1 Å². The van der Waals surface area contributed by atoms with Gasteiger partial charge in [0.25, 0.3) is 0 Å². The molecule has 0 spiro atoms. The second kappa shape index (κ2) is 5.14. The highest BCUT2D eigenvalue weighted by Gasteiger charge is 2.15. The minimum Gasteiger partial charge on any atom is -0.505 e. The molecule has 0 amide bonds. The molecule has 102 valence electrons. The lowest BCUT2D eigenvalue weighted by molar-refractivity contribution is 0.462. The monoisotopic (exact) mass is 276 g/mol. The van der Waals surface area contributed by atoms with E-state index in [1.165, 1.54) is 0 Å². The summed E-state index contributed by atoms with van der Waals surface area (Å²) in [5.74, 6) is 1.20. The van der Waals surface area contributed by atoms with E-state index >= 15 is 0 Å². The summed E-state index contributed by atoms with van der Waals surface area (Å²) in [6.07, 6.45) is 0. The van der Waals surface area contributed by atoms with E-state index in [4.69, 9.17) is 4.74 Å². The summed E-state index contributed by atoms with van der Waals surface area (Å²) in [5.41, 5.74) is 0.682. The molecular weight excluding hydrogens is 264 g/mol. The van der Waals surface area contributed by atoms with Crippen LogP contribution in [0.3, 0.4) is 0 Å². The Balaban J connectivity index is 2.25. The molecule has 4 nitrogen and oxygen atoms in total. The van der Waals surface area contributed by atoms with Gasteiger partial charge in [0.2, 0.25) is 0 Å². The van der Waals surface area contributed by atoms with E-state index in [1.54, 1.807) is 25.1 Å². The van der Waals surface area contributed by atoms with Crippen LogP contribution in [-0.4, -0.2) is 10.1 Å². The van der Waals surface area contributed by atoms with Gasteiger partial charge in [-0.25, -0.2) is 4.98 Å². The van der Waals surface area contributed by atoms with Crippen LogP contribution >= 0.6 is 0 Å². The minimum atomic E-state index is 0.0375. The quantitative estimate of drug-likeness (QED) is 0.770. The first-order chi connectivity index (χ1) is 10.2. The van der Waals surface area contributed by atoms with Crippen molar-refractivity contribution in [3.8, 4) is 23.3 Å². The van der Waals surface area contributed by atoms with Crippen LogP contribution in [0.15, 0.2) is 48.5 Å². The van der Waals surface area contributed by atoms with Gasteiger partial charge in [-0.3, -0.25) is 0 Å². The Hall–Kier alpha value is -3.06. The first kappa shape index (κ1) is 12.9.